The number of hydrogen-bond donors (Lipinski definition) is 1. The van der Waals surface area contributed by atoms with E-state index in [-0.39, 0.29) is 17.5 Å². The maximum Gasteiger partial charge on any atom is 0.453 e. The zero-order valence-corrected chi connectivity index (χ0v) is 16.8. The van der Waals surface area contributed by atoms with Gasteiger partial charge in [-0.05, 0) is 37.1 Å². The van der Waals surface area contributed by atoms with Crippen LogP contribution in [0.1, 0.15) is 18.7 Å². The van der Waals surface area contributed by atoms with Crippen LogP contribution in [-0.2, 0) is 11.0 Å². The highest BCUT2D eigenvalue weighted by Crippen LogP contribution is 2.33. The molecule has 0 aliphatic carbocycles. The largest absolute Gasteiger partial charge is 0.486 e. The van der Waals surface area contributed by atoms with Crippen LogP contribution in [0.5, 0.6) is 11.5 Å². The van der Waals surface area contributed by atoms with Gasteiger partial charge >= 0.3 is 6.18 Å². The van der Waals surface area contributed by atoms with Crippen LogP contribution in [0.3, 0.4) is 0 Å². The fraction of sp³-hybridized carbons (Fsp3) is 0.400. The maximum absolute atomic E-state index is 13.1. The van der Waals surface area contributed by atoms with Crippen molar-refractivity contribution in [3.8, 4) is 11.5 Å². The number of piperidine rings is 1. The van der Waals surface area contributed by atoms with Crippen molar-refractivity contribution < 1.29 is 27.4 Å². The molecule has 9 nitrogen and oxygen atoms in total. The smallest absolute Gasteiger partial charge is 0.453 e. The molecule has 0 radical (unpaired) electrons. The Morgan fingerprint density at radius 2 is 1.78 bits per heavy atom. The molecule has 0 spiro atoms. The molecule has 32 heavy (non-hydrogen) atoms. The van der Waals surface area contributed by atoms with E-state index >= 15 is 0 Å². The van der Waals surface area contributed by atoms with Gasteiger partial charge in [0.15, 0.2) is 17.1 Å². The Hall–Kier alpha value is -3.57. The van der Waals surface area contributed by atoms with Crippen molar-refractivity contribution in [1.82, 2.24) is 19.8 Å². The number of alkyl halides is 3. The van der Waals surface area contributed by atoms with Gasteiger partial charge in [0, 0.05) is 30.8 Å². The normalized spacial score (nSPS) is 16.9. The van der Waals surface area contributed by atoms with E-state index in [0.29, 0.717) is 66.7 Å². The molecular weight excluding hydrogens is 429 g/mol. The van der Waals surface area contributed by atoms with Gasteiger partial charge in [-0.3, -0.25) is 4.79 Å². The van der Waals surface area contributed by atoms with Crippen molar-refractivity contribution in [1.29, 1.82) is 0 Å². The van der Waals surface area contributed by atoms with E-state index in [2.05, 4.69) is 20.6 Å². The summed E-state index contributed by atoms with van der Waals surface area (Å²) in [4.78, 5) is 14.6. The number of halogens is 3. The number of fused-ring (bicyclic) bond motifs is 2. The van der Waals surface area contributed by atoms with E-state index in [9.17, 15) is 18.0 Å². The van der Waals surface area contributed by atoms with Crippen molar-refractivity contribution >= 4 is 23.1 Å². The predicted molar refractivity (Wildman–Crippen MR) is 107 cm³/mol. The zero-order chi connectivity index (χ0) is 22.3. The molecule has 1 amide bonds. The van der Waals surface area contributed by atoms with Crippen LogP contribution in [0, 0.1) is 5.92 Å². The van der Waals surface area contributed by atoms with Gasteiger partial charge in [0.05, 0.1) is 0 Å². The summed E-state index contributed by atoms with van der Waals surface area (Å²) >= 11 is 0. The molecule has 1 aromatic carbocycles. The molecule has 0 atom stereocenters. The van der Waals surface area contributed by atoms with Crippen molar-refractivity contribution in [3.05, 3.63) is 36.2 Å². The molecule has 2 aliphatic rings. The number of carbonyl (C=O) groups is 1. The van der Waals surface area contributed by atoms with E-state index in [1.165, 1.54) is 6.07 Å². The molecule has 4 heterocycles. The first-order valence-electron chi connectivity index (χ1n) is 10.1. The van der Waals surface area contributed by atoms with Gasteiger partial charge in [0.25, 0.3) is 5.82 Å². The minimum absolute atomic E-state index is 0.0229. The Kier molecular flexibility index (Phi) is 4.98. The maximum atomic E-state index is 13.1. The number of nitrogens with zero attached hydrogens (tertiary/aromatic N) is 5. The molecule has 0 unspecified atom stereocenters. The van der Waals surface area contributed by atoms with Crippen LogP contribution in [0.4, 0.5) is 24.7 Å². The van der Waals surface area contributed by atoms with Gasteiger partial charge in [0.2, 0.25) is 5.91 Å². The summed E-state index contributed by atoms with van der Waals surface area (Å²) in [6.07, 6.45) is -3.56. The Morgan fingerprint density at radius 3 is 2.53 bits per heavy atom. The number of hydrogen-bond acceptors (Lipinski definition) is 7. The molecule has 1 fully saturated rings. The molecule has 1 N–H and O–H groups in total. The number of aromatic nitrogens is 4. The van der Waals surface area contributed by atoms with E-state index in [4.69, 9.17) is 9.47 Å². The summed E-state index contributed by atoms with van der Waals surface area (Å²) in [6, 6.07) is 8.31. The highest BCUT2D eigenvalue weighted by atomic mass is 19.4. The monoisotopic (exact) mass is 448 g/mol. The summed E-state index contributed by atoms with van der Waals surface area (Å²) in [7, 11) is 0. The lowest BCUT2D eigenvalue weighted by atomic mass is 9.96. The molecule has 0 saturated carbocycles. The Balaban J connectivity index is 1.23. The average molecular weight is 448 g/mol. The first-order valence-corrected chi connectivity index (χ1v) is 10.1. The highest BCUT2D eigenvalue weighted by Gasteiger charge is 2.38. The van der Waals surface area contributed by atoms with Crippen LogP contribution < -0.4 is 19.7 Å². The van der Waals surface area contributed by atoms with Gasteiger partial charge in [-0.1, -0.05) is 0 Å². The molecule has 1 saturated heterocycles. The third-order valence-electron chi connectivity index (χ3n) is 5.50. The highest BCUT2D eigenvalue weighted by molar-refractivity contribution is 5.93. The number of ether oxygens (including phenoxy) is 2. The third kappa shape index (κ3) is 3.87. The Bertz CT molecular complexity index is 1160. The molecule has 3 aromatic rings. The Morgan fingerprint density at radius 1 is 1.03 bits per heavy atom. The number of nitrogens with one attached hydrogen (secondary N) is 1. The van der Waals surface area contributed by atoms with E-state index < -0.39 is 12.0 Å². The standard InChI is InChI=1S/C20H19F3N6O3/c21-20(22,23)19-26-25-16-3-4-17(27-29(16)19)28-7-5-12(6-8-28)18(30)24-13-1-2-14-15(11-13)32-10-9-31-14/h1-4,11-12H,5-10H2,(H,24,30). The van der Waals surface area contributed by atoms with Crippen LogP contribution in [0.15, 0.2) is 30.3 Å². The van der Waals surface area contributed by atoms with Crippen LogP contribution >= 0.6 is 0 Å². The summed E-state index contributed by atoms with van der Waals surface area (Å²) in [5.41, 5.74) is 0.649. The fourth-order valence-corrected chi connectivity index (χ4v) is 3.86. The lowest BCUT2D eigenvalue weighted by Crippen LogP contribution is -2.38. The van der Waals surface area contributed by atoms with Crippen molar-refractivity contribution in [2.75, 3.05) is 36.5 Å². The van der Waals surface area contributed by atoms with Gasteiger partial charge in [-0.15, -0.1) is 15.3 Å². The molecule has 5 rings (SSSR count). The van der Waals surface area contributed by atoms with E-state index in [0.717, 1.165) is 0 Å². The molecule has 12 heteroatoms. The van der Waals surface area contributed by atoms with Crippen LogP contribution in [0.25, 0.3) is 5.65 Å². The molecular formula is C20H19F3N6O3. The number of carbonyl (C=O) groups excluding carboxylic acids is 1. The minimum Gasteiger partial charge on any atom is -0.486 e. The number of anilines is 2. The summed E-state index contributed by atoms with van der Waals surface area (Å²) in [5, 5.41) is 13.7. The van der Waals surface area contributed by atoms with Crippen molar-refractivity contribution in [3.63, 3.8) is 0 Å². The minimum atomic E-state index is -4.65. The first-order chi connectivity index (χ1) is 15.4. The second-order valence-corrected chi connectivity index (χ2v) is 7.59. The summed E-state index contributed by atoms with van der Waals surface area (Å²) in [6.45, 7) is 1.93. The van der Waals surface area contributed by atoms with Crippen LogP contribution in [0.2, 0.25) is 0 Å². The van der Waals surface area contributed by atoms with E-state index in [1.807, 2.05) is 4.90 Å². The van der Waals surface area contributed by atoms with Crippen LogP contribution in [-0.4, -0.2) is 52.0 Å². The second kappa shape index (κ2) is 7.84. The van der Waals surface area contributed by atoms with Gasteiger partial charge in [0.1, 0.15) is 19.0 Å². The van der Waals surface area contributed by atoms with Gasteiger partial charge < -0.3 is 19.7 Å². The molecule has 2 aromatic heterocycles. The first kappa shape index (κ1) is 20.3. The predicted octanol–water partition coefficient (Wildman–Crippen LogP) is 2.77. The Labute approximate surface area is 180 Å². The summed E-state index contributed by atoms with van der Waals surface area (Å²) in [5.74, 6) is 0.134. The second-order valence-electron chi connectivity index (χ2n) is 7.59. The van der Waals surface area contributed by atoms with Crippen molar-refractivity contribution in [2.45, 2.75) is 19.0 Å². The number of rotatable bonds is 3. The van der Waals surface area contributed by atoms with E-state index in [1.54, 1.807) is 24.3 Å². The third-order valence-corrected chi connectivity index (χ3v) is 5.50. The molecule has 168 valence electrons. The lowest BCUT2D eigenvalue weighted by Gasteiger charge is -2.32. The van der Waals surface area contributed by atoms with Gasteiger partial charge in [-0.2, -0.15) is 17.7 Å². The number of benzene rings is 1. The average Bonchev–Trinajstić information content (AvgIpc) is 3.23. The topological polar surface area (TPSA) is 93.9 Å². The zero-order valence-electron chi connectivity index (χ0n) is 16.8. The quantitative estimate of drug-likeness (QED) is 0.659. The summed E-state index contributed by atoms with van der Waals surface area (Å²) < 4.78 is 51.0. The van der Waals surface area contributed by atoms with Gasteiger partial charge in [-0.25, -0.2) is 0 Å². The fourth-order valence-electron chi connectivity index (χ4n) is 3.86. The SMILES string of the molecule is O=C(Nc1ccc2c(c1)OCCO2)C1CCN(c2ccc3nnc(C(F)(F)F)n3n2)CC1. The molecule has 0 bridgehead atoms. The van der Waals surface area contributed by atoms with Crippen molar-refractivity contribution in [2.24, 2.45) is 5.92 Å². The molecule has 2 aliphatic heterocycles. The number of amides is 1. The lowest BCUT2D eigenvalue weighted by molar-refractivity contribution is -0.146.